The predicted octanol–water partition coefficient (Wildman–Crippen LogP) is -4.94. The first-order valence-electron chi connectivity index (χ1n) is 14.8. The third kappa shape index (κ3) is 7.89. The molecule has 298 valence electrons. The average Bonchev–Trinajstić information content (AvgIpc) is 3.70. The summed E-state index contributed by atoms with van der Waals surface area (Å²) in [5.74, 6) is -0.662. The summed E-state index contributed by atoms with van der Waals surface area (Å²) in [5.41, 5.74) is 9.09. The van der Waals surface area contributed by atoms with Crippen LogP contribution in [0.1, 0.15) is 12.5 Å². The van der Waals surface area contributed by atoms with Crippen molar-refractivity contribution < 1.29 is 85.7 Å². The Labute approximate surface area is 297 Å². The van der Waals surface area contributed by atoms with Crippen LogP contribution in [0.2, 0.25) is 0 Å². The number of ether oxygens (including phenoxy) is 2. The van der Waals surface area contributed by atoms with E-state index in [-0.39, 0.29) is 39.3 Å². The number of aryl methyl sites for hydroxylation is 1. The quantitative estimate of drug-likeness (QED) is 0.0470. The molecule has 0 aliphatic carbocycles. The Morgan fingerprint density at radius 1 is 0.870 bits per heavy atom. The maximum Gasteiger partial charge on any atom is 0.490 e. The van der Waals surface area contributed by atoms with Gasteiger partial charge in [-0.05, 0) is 0 Å². The monoisotopic (exact) mass is 834 g/mol. The van der Waals surface area contributed by atoms with Gasteiger partial charge in [0.2, 0.25) is 17.7 Å². The van der Waals surface area contributed by atoms with Crippen molar-refractivity contribution in [1.82, 2.24) is 39.1 Å². The van der Waals surface area contributed by atoms with Crippen molar-refractivity contribution in [3.63, 3.8) is 0 Å². The maximum atomic E-state index is 12.6. The van der Waals surface area contributed by atoms with E-state index in [1.54, 1.807) is 0 Å². The minimum Gasteiger partial charge on any atom is -0.387 e. The Balaban J connectivity index is 1.07. The number of nitrogen functional groups attached to an aromatic ring is 2. The number of nitrogens with two attached hydrogens (primary N) is 2. The molecule has 2 aliphatic rings. The summed E-state index contributed by atoms with van der Waals surface area (Å²) in [6.07, 6.45) is -12.4. The number of aliphatic hydroxyl groups excluding tert-OH is 4. The number of phosphoric ester groups is 2. The molecule has 0 amide bonds. The topological polar surface area (TPSA) is 442 Å². The standard InChI is InChI=1S/C21H30N11O19P3/c1-29-5-31(13-9(29)15(36)28-21(23)26-13)19-17(38)32(39)16(37)7(49-19)3-47-53(42,43)51-54(44,45)50-52(40,41)46-2-6-10(33)11(34)18(48-6)30-4-24-8-12(30)25-20(22)27-14(8)35/h4-7,10-11,16-19,33-34,37-39H,2-3H2,1H3,(H8-,22,23,25,26,27,28,35,36,40,41,42,43,44,45)/p+1/t6-,7?,10-,11-,16-,17+,18-,19?/m1/s1. The SMILES string of the molecule is Cn1c[n+](C2OC(COP(=O)(O)OP(=O)(O)OP(=O)(O)OC[C@H]3O[C@@H](n4cnc5c(=O)[nH]c(N)nc54)[C@H](O)[C@@H]3O)[C@@H](O)N(O)[C@H]2O)c2nc(N)[nH]c(=O)c21. The first-order valence-corrected chi connectivity index (χ1v) is 19.3. The van der Waals surface area contributed by atoms with Gasteiger partial charge in [0.25, 0.3) is 17.1 Å². The van der Waals surface area contributed by atoms with Crippen molar-refractivity contribution in [2.75, 3.05) is 24.7 Å². The number of hydrogen-bond donors (Lipinski definition) is 12. The first kappa shape index (κ1) is 40.1. The lowest BCUT2D eigenvalue weighted by molar-refractivity contribution is -0.768. The molecule has 0 bridgehead atoms. The fourth-order valence-electron chi connectivity index (χ4n) is 5.45. The van der Waals surface area contributed by atoms with Crippen LogP contribution in [-0.4, -0.2) is 130 Å². The van der Waals surface area contributed by atoms with Crippen LogP contribution in [0, 0.1) is 0 Å². The molecule has 0 saturated carbocycles. The van der Waals surface area contributed by atoms with Crippen molar-refractivity contribution in [2.45, 2.75) is 49.3 Å². The minimum absolute atomic E-state index is 0.0508. The van der Waals surface area contributed by atoms with Gasteiger partial charge in [0, 0.05) is 0 Å². The van der Waals surface area contributed by atoms with Gasteiger partial charge < -0.3 is 61.3 Å². The number of H-pyrrole nitrogens is 2. The largest absolute Gasteiger partial charge is 0.490 e. The van der Waals surface area contributed by atoms with Gasteiger partial charge >= 0.3 is 29.1 Å². The number of aliphatic hydroxyl groups is 4. The second-order valence-corrected chi connectivity index (χ2v) is 16.1. The van der Waals surface area contributed by atoms with E-state index in [4.69, 9.17) is 20.9 Å². The van der Waals surface area contributed by atoms with E-state index in [1.165, 1.54) is 17.9 Å². The predicted molar refractivity (Wildman–Crippen MR) is 168 cm³/mol. The number of morpholine rings is 1. The summed E-state index contributed by atoms with van der Waals surface area (Å²) in [7, 11) is -16.2. The molecule has 2 fully saturated rings. The number of rotatable bonds is 12. The minimum atomic E-state index is -6.07. The molecule has 4 aromatic rings. The van der Waals surface area contributed by atoms with Gasteiger partial charge in [-0.15, -0.1) is 5.06 Å². The molecule has 33 heteroatoms. The number of fused-ring (bicyclic) bond motifs is 2. The number of hydrogen-bond acceptors (Lipinski definition) is 22. The zero-order valence-electron chi connectivity index (χ0n) is 26.9. The van der Waals surface area contributed by atoms with E-state index >= 15 is 0 Å². The summed E-state index contributed by atoms with van der Waals surface area (Å²) in [4.78, 5) is 70.7. The fourth-order valence-corrected chi connectivity index (χ4v) is 8.97. The molecule has 2 saturated heterocycles. The summed E-state index contributed by atoms with van der Waals surface area (Å²) < 4.78 is 69.0. The normalized spacial score (nSPS) is 30.0. The summed E-state index contributed by atoms with van der Waals surface area (Å²) in [6, 6.07) is 0. The van der Waals surface area contributed by atoms with Crippen molar-refractivity contribution in [2.24, 2.45) is 7.05 Å². The Kier molecular flexibility index (Phi) is 10.7. The molecule has 0 radical (unpaired) electrons. The number of imidazole rings is 2. The van der Waals surface area contributed by atoms with Crippen LogP contribution in [0.25, 0.3) is 22.3 Å². The molecule has 0 aromatic carbocycles. The Morgan fingerprint density at radius 2 is 1.46 bits per heavy atom. The highest BCUT2D eigenvalue weighted by Crippen LogP contribution is 2.67. The Hall–Kier alpha value is -3.61. The highest BCUT2D eigenvalue weighted by molar-refractivity contribution is 7.66. The lowest BCUT2D eigenvalue weighted by Gasteiger charge is -2.40. The van der Waals surface area contributed by atoms with E-state index in [1.807, 2.05) is 0 Å². The van der Waals surface area contributed by atoms with E-state index in [0.717, 1.165) is 15.5 Å². The van der Waals surface area contributed by atoms with Crippen LogP contribution < -0.4 is 27.2 Å². The van der Waals surface area contributed by atoms with Gasteiger partial charge in [-0.3, -0.25) is 37.7 Å². The summed E-state index contributed by atoms with van der Waals surface area (Å²) in [5, 5.41) is 52.2. The van der Waals surface area contributed by atoms with Gasteiger partial charge in [-0.2, -0.15) is 13.6 Å². The number of nitrogens with one attached hydrogen (secondary N) is 2. The van der Waals surface area contributed by atoms with Crippen LogP contribution in [0.3, 0.4) is 0 Å². The van der Waals surface area contributed by atoms with Gasteiger partial charge in [0.05, 0.1) is 26.6 Å². The van der Waals surface area contributed by atoms with Gasteiger partial charge in [0.1, 0.15) is 24.4 Å². The Bertz CT molecular complexity index is 2330. The Morgan fingerprint density at radius 3 is 2.11 bits per heavy atom. The van der Waals surface area contributed by atoms with Crippen molar-refractivity contribution in [3.8, 4) is 0 Å². The molecular weight excluding hydrogens is 803 g/mol. The van der Waals surface area contributed by atoms with Crippen LogP contribution >= 0.6 is 23.5 Å². The molecule has 54 heavy (non-hydrogen) atoms. The number of aromatic nitrogens is 8. The maximum absolute atomic E-state index is 12.6. The van der Waals surface area contributed by atoms with Crippen LogP contribution in [-0.2, 0) is 47.9 Å². The second-order valence-electron chi connectivity index (χ2n) is 11.5. The van der Waals surface area contributed by atoms with Crippen LogP contribution in [0.15, 0.2) is 22.2 Å². The van der Waals surface area contributed by atoms with Crippen LogP contribution in [0.4, 0.5) is 11.9 Å². The van der Waals surface area contributed by atoms with E-state index in [9.17, 15) is 63.6 Å². The molecule has 0 spiro atoms. The smallest absolute Gasteiger partial charge is 0.387 e. The zero-order chi connectivity index (χ0) is 39.7. The third-order valence-corrected chi connectivity index (χ3v) is 12.0. The van der Waals surface area contributed by atoms with E-state index in [0.29, 0.717) is 0 Å². The molecule has 6 heterocycles. The summed E-state index contributed by atoms with van der Waals surface area (Å²) >= 11 is 0. The first-order chi connectivity index (χ1) is 25.1. The molecular formula is C21H31N11O19P3+. The molecule has 14 N–H and O–H groups in total. The number of hydroxylamine groups is 2. The molecule has 2 aliphatic heterocycles. The van der Waals surface area contributed by atoms with Crippen molar-refractivity contribution in [3.05, 3.63) is 33.4 Å². The molecule has 11 atom stereocenters. The molecule has 5 unspecified atom stereocenters. The fraction of sp³-hybridized carbons (Fsp3) is 0.524. The van der Waals surface area contributed by atoms with Gasteiger partial charge in [0.15, 0.2) is 36.2 Å². The second kappa shape index (κ2) is 14.5. The molecule has 30 nitrogen and oxygen atoms in total. The van der Waals surface area contributed by atoms with Crippen molar-refractivity contribution >= 4 is 57.7 Å². The van der Waals surface area contributed by atoms with Crippen LogP contribution in [0.5, 0.6) is 0 Å². The average molecular weight is 834 g/mol. The lowest BCUT2D eigenvalue weighted by Crippen LogP contribution is -2.64. The lowest BCUT2D eigenvalue weighted by atomic mass is 10.1. The third-order valence-electron chi connectivity index (χ3n) is 7.79. The zero-order valence-corrected chi connectivity index (χ0v) is 29.6. The number of phosphoric acid groups is 3. The van der Waals surface area contributed by atoms with Gasteiger partial charge in [-0.25, -0.2) is 23.2 Å². The molecule has 6 rings (SSSR count). The number of nitrogens with zero attached hydrogens (tertiary/aromatic N) is 7. The van der Waals surface area contributed by atoms with E-state index < -0.39 is 97.1 Å². The van der Waals surface area contributed by atoms with E-state index in [2.05, 4.69) is 42.6 Å². The number of aromatic amines is 2. The number of anilines is 2. The highest BCUT2D eigenvalue weighted by Gasteiger charge is 2.49. The van der Waals surface area contributed by atoms with Gasteiger partial charge in [-0.1, -0.05) is 4.98 Å². The molecule has 4 aromatic heterocycles. The van der Waals surface area contributed by atoms with Crippen molar-refractivity contribution in [1.29, 1.82) is 0 Å². The summed E-state index contributed by atoms with van der Waals surface area (Å²) in [6.45, 7) is -2.36. The highest BCUT2D eigenvalue weighted by atomic mass is 31.3.